The number of anilines is 2. The standard InChI is InChI=1S/C23H25N9O5S2.ClH/c1-37-29-16(13-11-39-23(25)27-13)19(33)28-17-20(34)32-18(22(35)36)12(10-38-21(17)32)9-30-7-8-31-14(26-6-5-24)3-2-4-15(30)31;/h2-4,7-8,11,17,21H,5-6,9-10,24H2,1H3,(H4,25,27,28,33,35,36);1H/b29-16-;/t17-,21+;/m1./s1. The molecule has 5 heterocycles. The van der Waals surface area contributed by atoms with E-state index in [0.29, 0.717) is 24.4 Å². The van der Waals surface area contributed by atoms with Crippen LogP contribution in [0.2, 0.25) is 0 Å². The number of nitrogen functional groups attached to an aromatic ring is 1. The number of carbonyl (C=O) groups is 3. The first-order valence-electron chi connectivity index (χ1n) is 11.8. The van der Waals surface area contributed by atoms with E-state index >= 15 is 0 Å². The van der Waals surface area contributed by atoms with E-state index in [-0.39, 0.29) is 41.2 Å². The van der Waals surface area contributed by atoms with Crippen molar-refractivity contribution in [1.29, 1.82) is 0 Å². The Hall–Kier alpha value is -3.86. The van der Waals surface area contributed by atoms with Crippen molar-refractivity contribution in [3.63, 3.8) is 0 Å². The lowest BCUT2D eigenvalue weighted by Gasteiger charge is -2.50. The van der Waals surface area contributed by atoms with Gasteiger partial charge in [0.05, 0.1) is 11.7 Å². The van der Waals surface area contributed by atoms with Crippen LogP contribution in [0.25, 0.3) is 5.65 Å². The van der Waals surface area contributed by atoms with Crippen LogP contribution in [0.15, 0.2) is 52.4 Å². The van der Waals surface area contributed by atoms with E-state index < -0.39 is 29.2 Å². The fraction of sp³-hybridized carbons (Fsp3) is 0.304. The molecule has 17 heteroatoms. The number of pyridine rings is 1. The van der Waals surface area contributed by atoms with E-state index in [0.717, 1.165) is 22.8 Å². The number of thiazole rings is 1. The van der Waals surface area contributed by atoms with Gasteiger partial charge in [0, 0.05) is 41.9 Å². The Morgan fingerprint density at radius 1 is 1.38 bits per heavy atom. The van der Waals surface area contributed by atoms with Gasteiger partial charge in [-0.25, -0.2) is 9.55 Å². The lowest BCUT2D eigenvalue weighted by Crippen LogP contribution is -2.71. The summed E-state index contributed by atoms with van der Waals surface area (Å²) in [5, 5.41) is 23.0. The molecule has 0 saturated carbocycles. The predicted molar refractivity (Wildman–Crippen MR) is 150 cm³/mol. The zero-order chi connectivity index (χ0) is 27.7. The Morgan fingerprint density at radius 3 is 2.85 bits per heavy atom. The molecule has 0 bridgehead atoms. The summed E-state index contributed by atoms with van der Waals surface area (Å²) in [6.07, 6.45) is 3.70. The van der Waals surface area contributed by atoms with E-state index in [9.17, 15) is 19.5 Å². The van der Waals surface area contributed by atoms with Crippen molar-refractivity contribution in [2.75, 3.05) is 37.0 Å². The number of carbonyl (C=O) groups excluding carboxylic acids is 3. The predicted octanol–water partition coefficient (Wildman–Crippen LogP) is -1.49. The lowest BCUT2D eigenvalue weighted by molar-refractivity contribution is -0.662. The highest BCUT2D eigenvalue weighted by Gasteiger charge is 2.53. The van der Waals surface area contributed by atoms with Crippen molar-refractivity contribution in [3.8, 4) is 0 Å². The summed E-state index contributed by atoms with van der Waals surface area (Å²) in [5.74, 6) is -1.55. The van der Waals surface area contributed by atoms with Crippen LogP contribution in [0.5, 0.6) is 0 Å². The second-order valence-corrected chi connectivity index (χ2v) is 10.6. The third-order valence-corrected chi connectivity index (χ3v) is 8.21. The van der Waals surface area contributed by atoms with Crippen LogP contribution in [0.1, 0.15) is 5.69 Å². The first kappa shape index (κ1) is 29.1. The molecule has 0 spiro atoms. The highest BCUT2D eigenvalue weighted by atomic mass is 35.5. The van der Waals surface area contributed by atoms with Crippen molar-refractivity contribution in [3.05, 3.63) is 52.9 Å². The molecule has 0 aromatic carbocycles. The van der Waals surface area contributed by atoms with Crippen LogP contribution < -0.4 is 31.8 Å². The third kappa shape index (κ3) is 5.30. The number of amides is 2. The van der Waals surface area contributed by atoms with E-state index in [1.54, 1.807) is 5.38 Å². The van der Waals surface area contributed by atoms with E-state index in [1.165, 1.54) is 23.8 Å². The summed E-state index contributed by atoms with van der Waals surface area (Å²) in [4.78, 5) is 48.3. The minimum absolute atomic E-state index is 0. The molecular formula is C23H26ClN9O5S2. The Balaban J connectivity index is 0.00000370. The van der Waals surface area contributed by atoms with Gasteiger partial charge in [0.2, 0.25) is 0 Å². The molecular weight excluding hydrogens is 582 g/mol. The minimum Gasteiger partial charge on any atom is -0.543 e. The molecule has 3 aromatic rings. The number of carboxylic acids is 1. The van der Waals surface area contributed by atoms with Crippen molar-refractivity contribution in [2.24, 2.45) is 10.9 Å². The normalized spacial score (nSPS) is 18.6. The Morgan fingerprint density at radius 2 is 2.17 bits per heavy atom. The Bertz CT molecular complexity index is 1520. The number of nitrogens with zero attached hydrogens (tertiary/aromatic N) is 5. The molecule has 212 valence electrons. The second-order valence-electron chi connectivity index (χ2n) is 8.57. The maximum atomic E-state index is 13.1. The van der Waals surface area contributed by atoms with Crippen LogP contribution in [0.3, 0.4) is 0 Å². The zero-order valence-electron chi connectivity index (χ0n) is 21.1. The van der Waals surface area contributed by atoms with Gasteiger partial charge >= 0.3 is 0 Å². The summed E-state index contributed by atoms with van der Waals surface area (Å²) in [6.45, 7) is 1.31. The summed E-state index contributed by atoms with van der Waals surface area (Å²) < 4.78 is 3.83. The van der Waals surface area contributed by atoms with Gasteiger partial charge in [0.15, 0.2) is 16.7 Å². The molecule has 3 aromatic heterocycles. The molecule has 2 amide bonds. The van der Waals surface area contributed by atoms with Crippen LogP contribution >= 0.6 is 35.5 Å². The maximum absolute atomic E-state index is 13.1. The van der Waals surface area contributed by atoms with Gasteiger partial charge in [-0.05, 0) is 6.07 Å². The highest BCUT2D eigenvalue weighted by molar-refractivity contribution is 8.00. The molecule has 0 radical (unpaired) electrons. The Kier molecular flexibility index (Phi) is 8.82. The van der Waals surface area contributed by atoms with Crippen molar-refractivity contribution >= 4 is 75.6 Å². The van der Waals surface area contributed by atoms with Gasteiger partial charge in [0.1, 0.15) is 43.2 Å². The number of oxime groups is 1. The number of fused-ring (bicyclic) bond motifs is 2. The summed E-state index contributed by atoms with van der Waals surface area (Å²) in [6, 6.07) is 4.74. The van der Waals surface area contributed by atoms with Crippen LogP contribution in [0.4, 0.5) is 10.9 Å². The molecule has 14 nitrogen and oxygen atoms in total. The monoisotopic (exact) mass is 607 g/mol. The second kappa shape index (κ2) is 12.1. The van der Waals surface area contributed by atoms with Gasteiger partial charge < -0.3 is 36.8 Å². The summed E-state index contributed by atoms with van der Waals surface area (Å²) in [5.41, 5.74) is 12.5. The molecule has 2 aliphatic heterocycles. The molecule has 1 fully saturated rings. The number of imidazole rings is 1. The van der Waals surface area contributed by atoms with E-state index in [1.807, 2.05) is 39.6 Å². The highest BCUT2D eigenvalue weighted by Crippen LogP contribution is 2.40. The number of carboxylic acid groups (broad SMARTS) is 1. The van der Waals surface area contributed by atoms with Crippen molar-refractivity contribution in [2.45, 2.75) is 18.0 Å². The number of thioether (sulfide) groups is 1. The van der Waals surface area contributed by atoms with Crippen LogP contribution in [-0.4, -0.2) is 75.1 Å². The average Bonchev–Trinajstić information content (AvgIpc) is 3.54. The minimum atomic E-state index is -1.46. The molecule has 2 aliphatic rings. The number of hydrogen-bond acceptors (Lipinski definition) is 12. The lowest BCUT2D eigenvalue weighted by atomic mass is 10.0. The van der Waals surface area contributed by atoms with E-state index in [4.69, 9.17) is 16.3 Å². The van der Waals surface area contributed by atoms with Gasteiger partial charge in [0.25, 0.3) is 17.5 Å². The smallest absolute Gasteiger partial charge is 0.288 e. The number of nitrogens with one attached hydrogen (secondary N) is 2. The van der Waals surface area contributed by atoms with Crippen molar-refractivity contribution < 1.29 is 28.9 Å². The summed E-state index contributed by atoms with van der Waals surface area (Å²) >= 11 is 2.48. The summed E-state index contributed by atoms with van der Waals surface area (Å²) in [7, 11) is 1.28. The molecule has 0 unspecified atom stereocenters. The van der Waals surface area contributed by atoms with Gasteiger partial charge in [-0.3, -0.25) is 14.5 Å². The third-order valence-electron chi connectivity index (χ3n) is 6.20. The van der Waals surface area contributed by atoms with Crippen LogP contribution in [0, 0.1) is 0 Å². The molecule has 6 N–H and O–H groups in total. The average molecular weight is 608 g/mol. The number of aliphatic carboxylic acids is 1. The topological polar surface area (TPSA) is 196 Å². The van der Waals surface area contributed by atoms with Gasteiger partial charge in [-0.2, -0.15) is 4.40 Å². The van der Waals surface area contributed by atoms with Crippen LogP contribution in [-0.2, 0) is 25.8 Å². The molecule has 2 atom stereocenters. The number of rotatable bonds is 10. The van der Waals surface area contributed by atoms with Crippen molar-refractivity contribution in [1.82, 2.24) is 19.6 Å². The van der Waals surface area contributed by atoms with Gasteiger partial charge in [-0.1, -0.05) is 5.16 Å². The molecule has 1 saturated heterocycles. The molecule has 5 rings (SSSR count). The first-order valence-corrected chi connectivity index (χ1v) is 13.7. The molecule has 0 aliphatic carbocycles. The number of β-lactam (4-membered cyclic amide) rings is 1. The number of hydrogen-bond donors (Lipinski definition) is 4. The SMILES string of the molecule is CO/N=C(\C(=O)N[C@@H]1C(=O)N2C(C(=O)[O-])=C(C[n+]3ccn4c(NCCN)cccc43)CS[C@@H]12)c1csc(N)n1.Cl. The number of halogens is 1. The maximum Gasteiger partial charge on any atom is 0.288 e. The number of nitrogens with two attached hydrogens (primary N) is 2. The number of aromatic nitrogens is 3. The quantitative estimate of drug-likeness (QED) is 0.0912. The first-order chi connectivity index (χ1) is 18.8. The van der Waals surface area contributed by atoms with Gasteiger partial charge in [-0.15, -0.1) is 35.5 Å². The molecule has 40 heavy (non-hydrogen) atoms. The van der Waals surface area contributed by atoms with E-state index in [2.05, 4.69) is 20.8 Å². The fourth-order valence-electron chi connectivity index (χ4n) is 4.50. The zero-order valence-corrected chi connectivity index (χ0v) is 23.6. The Labute approximate surface area is 242 Å². The fourth-order valence-corrected chi connectivity index (χ4v) is 6.39. The largest absolute Gasteiger partial charge is 0.543 e.